The lowest BCUT2D eigenvalue weighted by Gasteiger charge is -2.35. The van der Waals surface area contributed by atoms with E-state index in [0.29, 0.717) is 26.2 Å². The Labute approximate surface area is 141 Å². The largest absolute Gasteiger partial charge is 0.372 e. The maximum atomic E-state index is 12.3. The van der Waals surface area contributed by atoms with Crippen LogP contribution in [0.4, 0.5) is 4.79 Å². The highest BCUT2D eigenvalue weighted by molar-refractivity contribution is 5.74. The summed E-state index contributed by atoms with van der Waals surface area (Å²) < 4.78 is 7.43. The summed E-state index contributed by atoms with van der Waals surface area (Å²) in [5.74, 6) is 0. The van der Waals surface area contributed by atoms with Crippen LogP contribution in [-0.2, 0) is 17.8 Å². The van der Waals surface area contributed by atoms with Crippen molar-refractivity contribution >= 4 is 6.03 Å². The maximum Gasteiger partial charge on any atom is 0.317 e. The van der Waals surface area contributed by atoms with Gasteiger partial charge in [0.25, 0.3) is 0 Å². The summed E-state index contributed by atoms with van der Waals surface area (Å²) in [5.41, 5.74) is 2.21. The number of hydrogen-bond acceptors (Lipinski definition) is 4. The van der Waals surface area contributed by atoms with Crippen LogP contribution in [0.3, 0.4) is 0 Å². The summed E-state index contributed by atoms with van der Waals surface area (Å²) in [7, 11) is 0. The lowest BCUT2D eigenvalue weighted by atomic mass is 10.1. The first-order chi connectivity index (χ1) is 11.6. The fraction of sp³-hybridized carbons (Fsp3) is 0.471. The molecule has 2 amide bonds. The Morgan fingerprint density at radius 1 is 1.21 bits per heavy atom. The lowest BCUT2D eigenvalue weighted by molar-refractivity contribution is -0.0545. The Balaban J connectivity index is 1.50. The fourth-order valence-electron chi connectivity index (χ4n) is 2.90. The average Bonchev–Trinajstić information content (AvgIpc) is 3.06. The van der Waals surface area contributed by atoms with Crippen molar-refractivity contribution in [3.63, 3.8) is 0 Å². The molecule has 1 aromatic carbocycles. The molecule has 2 heterocycles. The third-order valence-corrected chi connectivity index (χ3v) is 3.98. The number of morpholine rings is 1. The molecule has 7 nitrogen and oxygen atoms in total. The minimum absolute atomic E-state index is 0.0382. The van der Waals surface area contributed by atoms with Crippen molar-refractivity contribution in [2.24, 2.45) is 0 Å². The number of benzene rings is 1. The van der Waals surface area contributed by atoms with Crippen molar-refractivity contribution in [2.75, 3.05) is 13.1 Å². The second kappa shape index (κ2) is 7.44. The Morgan fingerprint density at radius 2 is 1.88 bits per heavy atom. The standard InChI is InChI=1S/C17H23N5O2/c1-13-8-21(9-14(2)24-13)17(23)19-7-15-3-5-16(6-4-15)10-22-12-18-11-20-22/h3-6,11-14H,7-10H2,1-2H3,(H,19,23). The summed E-state index contributed by atoms with van der Waals surface area (Å²) in [6.45, 7) is 6.45. The van der Waals surface area contributed by atoms with Gasteiger partial charge in [-0.1, -0.05) is 24.3 Å². The number of carbonyl (C=O) groups excluding carboxylic acids is 1. The molecule has 1 fully saturated rings. The lowest BCUT2D eigenvalue weighted by Crippen LogP contribution is -2.51. The minimum Gasteiger partial charge on any atom is -0.372 e. The molecule has 3 rings (SSSR count). The smallest absolute Gasteiger partial charge is 0.317 e. The van der Waals surface area contributed by atoms with Gasteiger partial charge in [-0.05, 0) is 25.0 Å². The topological polar surface area (TPSA) is 72.3 Å². The van der Waals surface area contributed by atoms with Crippen LogP contribution in [-0.4, -0.2) is 51.0 Å². The zero-order valence-electron chi connectivity index (χ0n) is 14.1. The van der Waals surface area contributed by atoms with Crippen LogP contribution in [0.2, 0.25) is 0 Å². The molecule has 2 aromatic rings. The average molecular weight is 329 g/mol. The molecular formula is C17H23N5O2. The monoisotopic (exact) mass is 329 g/mol. The summed E-state index contributed by atoms with van der Waals surface area (Å²) in [6, 6.07) is 8.10. The fourth-order valence-corrected chi connectivity index (χ4v) is 2.90. The zero-order valence-corrected chi connectivity index (χ0v) is 14.1. The number of hydrogen-bond donors (Lipinski definition) is 1. The van der Waals surface area contributed by atoms with Crippen molar-refractivity contribution < 1.29 is 9.53 Å². The van der Waals surface area contributed by atoms with E-state index in [0.717, 1.165) is 11.1 Å². The molecule has 0 spiro atoms. The molecule has 7 heteroatoms. The van der Waals surface area contributed by atoms with Gasteiger partial charge in [-0.3, -0.25) is 0 Å². The van der Waals surface area contributed by atoms with Crippen LogP contribution in [0.5, 0.6) is 0 Å². The highest BCUT2D eigenvalue weighted by Crippen LogP contribution is 2.11. The van der Waals surface area contributed by atoms with E-state index in [1.807, 2.05) is 43.0 Å². The molecule has 128 valence electrons. The predicted molar refractivity (Wildman–Crippen MR) is 89.4 cm³/mol. The van der Waals surface area contributed by atoms with Crippen molar-refractivity contribution in [1.82, 2.24) is 25.0 Å². The van der Waals surface area contributed by atoms with E-state index in [9.17, 15) is 4.79 Å². The predicted octanol–water partition coefficient (Wildman–Crippen LogP) is 1.65. The van der Waals surface area contributed by atoms with E-state index in [-0.39, 0.29) is 18.2 Å². The van der Waals surface area contributed by atoms with Crippen LogP contribution >= 0.6 is 0 Å². The molecule has 2 unspecified atom stereocenters. The van der Waals surface area contributed by atoms with Gasteiger partial charge in [0.15, 0.2) is 0 Å². The summed E-state index contributed by atoms with van der Waals surface area (Å²) in [6.07, 6.45) is 3.38. The van der Waals surface area contributed by atoms with Crippen LogP contribution in [0.1, 0.15) is 25.0 Å². The zero-order chi connectivity index (χ0) is 16.9. The van der Waals surface area contributed by atoms with Gasteiger partial charge in [-0.15, -0.1) is 0 Å². The van der Waals surface area contributed by atoms with Crippen LogP contribution in [0, 0.1) is 0 Å². The van der Waals surface area contributed by atoms with Gasteiger partial charge < -0.3 is 15.0 Å². The molecule has 1 N–H and O–H groups in total. The molecule has 1 saturated heterocycles. The van der Waals surface area contributed by atoms with Gasteiger partial charge in [-0.2, -0.15) is 5.10 Å². The molecule has 24 heavy (non-hydrogen) atoms. The van der Waals surface area contributed by atoms with Gasteiger partial charge in [0.1, 0.15) is 12.7 Å². The van der Waals surface area contributed by atoms with Crippen molar-refractivity contribution in [3.8, 4) is 0 Å². The molecule has 1 aliphatic rings. The van der Waals surface area contributed by atoms with Crippen LogP contribution in [0.25, 0.3) is 0 Å². The first-order valence-corrected chi connectivity index (χ1v) is 8.18. The number of amides is 2. The molecule has 0 bridgehead atoms. The third kappa shape index (κ3) is 4.32. The third-order valence-electron chi connectivity index (χ3n) is 3.98. The summed E-state index contributed by atoms with van der Waals surface area (Å²) in [5, 5.41) is 7.07. The summed E-state index contributed by atoms with van der Waals surface area (Å²) >= 11 is 0. The van der Waals surface area contributed by atoms with E-state index in [4.69, 9.17) is 4.74 Å². The van der Waals surface area contributed by atoms with Crippen molar-refractivity contribution in [1.29, 1.82) is 0 Å². The Hall–Kier alpha value is -2.41. The first-order valence-electron chi connectivity index (χ1n) is 8.18. The van der Waals surface area contributed by atoms with E-state index in [2.05, 4.69) is 15.4 Å². The van der Waals surface area contributed by atoms with Crippen LogP contribution in [0.15, 0.2) is 36.9 Å². The van der Waals surface area contributed by atoms with Gasteiger partial charge >= 0.3 is 6.03 Å². The summed E-state index contributed by atoms with van der Waals surface area (Å²) in [4.78, 5) is 18.0. The van der Waals surface area contributed by atoms with Crippen molar-refractivity contribution in [3.05, 3.63) is 48.0 Å². The highest BCUT2D eigenvalue weighted by atomic mass is 16.5. The quantitative estimate of drug-likeness (QED) is 0.926. The van der Waals surface area contributed by atoms with Crippen LogP contribution < -0.4 is 5.32 Å². The highest BCUT2D eigenvalue weighted by Gasteiger charge is 2.25. The minimum atomic E-state index is -0.0382. The molecule has 2 atom stereocenters. The molecule has 1 aliphatic heterocycles. The van der Waals surface area contributed by atoms with E-state index in [1.54, 1.807) is 11.0 Å². The SMILES string of the molecule is CC1CN(C(=O)NCc2ccc(Cn3cncn3)cc2)CC(C)O1. The molecule has 0 radical (unpaired) electrons. The maximum absolute atomic E-state index is 12.3. The number of aromatic nitrogens is 3. The number of nitrogens with one attached hydrogen (secondary N) is 1. The number of nitrogens with zero attached hydrogens (tertiary/aromatic N) is 4. The Kier molecular flexibility index (Phi) is 5.10. The molecule has 1 aromatic heterocycles. The Bertz CT molecular complexity index is 646. The number of urea groups is 1. The number of ether oxygens (including phenoxy) is 1. The Morgan fingerprint density at radius 3 is 2.50 bits per heavy atom. The van der Waals surface area contributed by atoms with E-state index >= 15 is 0 Å². The first kappa shape index (κ1) is 16.4. The molecule has 0 aliphatic carbocycles. The van der Waals surface area contributed by atoms with Gasteiger partial charge in [-0.25, -0.2) is 14.5 Å². The van der Waals surface area contributed by atoms with E-state index < -0.39 is 0 Å². The number of carbonyl (C=O) groups is 1. The van der Waals surface area contributed by atoms with Gasteiger partial charge in [0.2, 0.25) is 0 Å². The van der Waals surface area contributed by atoms with Crippen molar-refractivity contribution in [2.45, 2.75) is 39.1 Å². The normalized spacial score (nSPS) is 20.8. The molecular weight excluding hydrogens is 306 g/mol. The second-order valence-electron chi connectivity index (χ2n) is 6.23. The van der Waals surface area contributed by atoms with E-state index in [1.165, 1.54) is 6.33 Å². The second-order valence-corrected chi connectivity index (χ2v) is 6.23. The number of rotatable bonds is 4. The van der Waals surface area contributed by atoms with Gasteiger partial charge in [0, 0.05) is 19.6 Å². The molecule has 0 saturated carbocycles. The van der Waals surface area contributed by atoms with Gasteiger partial charge in [0.05, 0.1) is 18.8 Å².